The number of halogens is 2. The van der Waals surface area contributed by atoms with Gasteiger partial charge in [0.1, 0.15) is 0 Å². The highest BCUT2D eigenvalue weighted by atomic mass is 35.5. The minimum Gasteiger partial charge on any atom is -0.311 e. The summed E-state index contributed by atoms with van der Waals surface area (Å²) in [6.45, 7) is 2.22. The van der Waals surface area contributed by atoms with Crippen LogP contribution in [0.15, 0.2) is 24.3 Å². The highest BCUT2D eigenvalue weighted by molar-refractivity contribution is 7.15. The van der Waals surface area contributed by atoms with Crippen LogP contribution in [0.2, 0.25) is 5.02 Å². The van der Waals surface area contributed by atoms with Gasteiger partial charge in [-0.15, -0.1) is 23.7 Å². The number of benzene rings is 1. The second-order valence-corrected chi connectivity index (χ2v) is 5.87. The van der Waals surface area contributed by atoms with Crippen molar-refractivity contribution in [1.29, 1.82) is 0 Å². The first-order chi connectivity index (χ1) is 9.60. The number of nitrogens with zero attached hydrogens (tertiary/aromatic N) is 1. The average molecular weight is 346 g/mol. The lowest BCUT2D eigenvalue weighted by Gasteiger charge is -2.02. The predicted molar refractivity (Wildman–Crippen MR) is 90.9 cm³/mol. The zero-order valence-electron chi connectivity index (χ0n) is 11.8. The van der Waals surface area contributed by atoms with E-state index in [1.165, 1.54) is 11.3 Å². The summed E-state index contributed by atoms with van der Waals surface area (Å²) in [7, 11) is 1.73. The van der Waals surface area contributed by atoms with E-state index in [0.29, 0.717) is 5.13 Å². The van der Waals surface area contributed by atoms with E-state index in [1.54, 1.807) is 7.05 Å². The molecule has 1 amide bonds. The van der Waals surface area contributed by atoms with Crippen molar-refractivity contribution in [2.75, 3.05) is 18.9 Å². The molecular weight excluding hydrogens is 329 g/mol. The van der Waals surface area contributed by atoms with E-state index < -0.39 is 0 Å². The molecule has 0 fully saturated rings. The van der Waals surface area contributed by atoms with Gasteiger partial charge in [-0.1, -0.05) is 29.8 Å². The fourth-order valence-electron chi connectivity index (χ4n) is 1.78. The highest BCUT2D eigenvalue weighted by Gasteiger charge is 2.11. The lowest BCUT2D eigenvalue weighted by molar-refractivity contribution is -0.115. The van der Waals surface area contributed by atoms with Crippen LogP contribution in [0.4, 0.5) is 5.13 Å². The smallest absolute Gasteiger partial charge is 0.240 e. The molecule has 0 saturated heterocycles. The van der Waals surface area contributed by atoms with Crippen molar-refractivity contribution >= 4 is 46.4 Å². The normalized spacial score (nSPS) is 10.0. The number of hydrogen-bond donors (Lipinski definition) is 2. The van der Waals surface area contributed by atoms with Crippen molar-refractivity contribution in [2.24, 2.45) is 0 Å². The molecule has 0 atom stereocenters. The molecule has 4 nitrogen and oxygen atoms in total. The minimum atomic E-state index is -0.0921. The summed E-state index contributed by atoms with van der Waals surface area (Å²) in [6.07, 6.45) is 0.727. The number of aromatic nitrogens is 1. The van der Waals surface area contributed by atoms with Gasteiger partial charge in [-0.2, -0.15) is 0 Å². The summed E-state index contributed by atoms with van der Waals surface area (Å²) in [5.74, 6) is -0.0921. The zero-order chi connectivity index (χ0) is 14.5. The molecule has 0 aliphatic heterocycles. The van der Waals surface area contributed by atoms with Gasteiger partial charge in [0, 0.05) is 16.3 Å². The maximum atomic E-state index is 11.5. The Morgan fingerprint density at radius 1 is 1.38 bits per heavy atom. The molecule has 1 aromatic heterocycles. The maximum absolute atomic E-state index is 11.5. The van der Waals surface area contributed by atoms with E-state index in [2.05, 4.69) is 15.6 Å². The Bertz CT molecular complexity index is 616. The first kappa shape index (κ1) is 17.9. The van der Waals surface area contributed by atoms with E-state index in [9.17, 15) is 4.79 Å². The van der Waals surface area contributed by atoms with Gasteiger partial charge < -0.3 is 10.6 Å². The number of amides is 1. The fraction of sp³-hybridized carbons (Fsp3) is 0.286. The van der Waals surface area contributed by atoms with Crippen LogP contribution in [0.5, 0.6) is 0 Å². The third-order valence-electron chi connectivity index (χ3n) is 2.79. The van der Waals surface area contributed by atoms with Gasteiger partial charge in [-0.25, -0.2) is 4.98 Å². The van der Waals surface area contributed by atoms with Gasteiger partial charge in [0.05, 0.1) is 12.2 Å². The molecule has 21 heavy (non-hydrogen) atoms. The molecule has 0 unspecified atom stereocenters. The summed E-state index contributed by atoms with van der Waals surface area (Å²) in [6, 6.07) is 7.76. The lowest BCUT2D eigenvalue weighted by atomic mass is 10.1. The molecule has 0 aliphatic rings. The number of anilines is 1. The largest absolute Gasteiger partial charge is 0.311 e. The Kier molecular flexibility index (Phi) is 7.11. The van der Waals surface area contributed by atoms with Crippen LogP contribution in [0.3, 0.4) is 0 Å². The molecule has 2 N–H and O–H groups in total. The molecule has 1 aromatic carbocycles. The van der Waals surface area contributed by atoms with E-state index in [-0.39, 0.29) is 24.9 Å². The average Bonchev–Trinajstić information content (AvgIpc) is 2.72. The number of carbonyl (C=O) groups excluding carboxylic acids is 1. The summed E-state index contributed by atoms with van der Waals surface area (Å²) < 4.78 is 0. The molecule has 2 aromatic rings. The predicted octanol–water partition coefficient (Wildman–Crippen LogP) is 3.28. The van der Waals surface area contributed by atoms with Crippen LogP contribution >= 0.6 is 35.3 Å². The Morgan fingerprint density at radius 2 is 2.10 bits per heavy atom. The molecule has 114 valence electrons. The quantitative estimate of drug-likeness (QED) is 0.874. The SMILES string of the molecule is CNCC(=O)Nc1nc(C)c(Cc2ccccc2Cl)s1.Cl. The van der Waals surface area contributed by atoms with Crippen LogP contribution in [0, 0.1) is 6.92 Å². The van der Waals surface area contributed by atoms with E-state index >= 15 is 0 Å². The Hall–Kier alpha value is -1.14. The van der Waals surface area contributed by atoms with Crippen LogP contribution in [-0.4, -0.2) is 24.5 Å². The van der Waals surface area contributed by atoms with Gasteiger partial charge in [-0.3, -0.25) is 4.79 Å². The van der Waals surface area contributed by atoms with E-state index in [1.807, 2.05) is 31.2 Å². The molecule has 0 saturated carbocycles. The molecule has 0 radical (unpaired) electrons. The van der Waals surface area contributed by atoms with Crippen molar-refractivity contribution in [3.05, 3.63) is 45.4 Å². The number of nitrogens with one attached hydrogen (secondary N) is 2. The Labute approximate surface area is 139 Å². The number of likely N-dealkylation sites (N-methyl/N-ethyl adjacent to an activating group) is 1. The highest BCUT2D eigenvalue weighted by Crippen LogP contribution is 2.27. The third kappa shape index (κ3) is 4.97. The number of thiazole rings is 1. The van der Waals surface area contributed by atoms with Crippen LogP contribution in [-0.2, 0) is 11.2 Å². The number of carbonyl (C=O) groups is 1. The summed E-state index contributed by atoms with van der Waals surface area (Å²) in [4.78, 5) is 17.0. The number of hydrogen-bond acceptors (Lipinski definition) is 4. The monoisotopic (exact) mass is 345 g/mol. The first-order valence-corrected chi connectivity index (χ1v) is 7.43. The number of rotatable bonds is 5. The standard InChI is InChI=1S/C14H16ClN3OS.ClH/c1-9-12(7-10-5-3-4-6-11(10)15)20-14(17-9)18-13(19)8-16-2;/h3-6,16H,7-8H2,1-2H3,(H,17,18,19);1H. The van der Waals surface area contributed by atoms with Gasteiger partial charge in [0.15, 0.2) is 5.13 Å². The number of aryl methyl sites for hydroxylation is 1. The topological polar surface area (TPSA) is 54.0 Å². The lowest BCUT2D eigenvalue weighted by Crippen LogP contribution is -2.24. The fourth-order valence-corrected chi connectivity index (χ4v) is 2.99. The maximum Gasteiger partial charge on any atom is 0.240 e. The van der Waals surface area contributed by atoms with E-state index in [0.717, 1.165) is 27.6 Å². The minimum absolute atomic E-state index is 0. The molecule has 0 aliphatic carbocycles. The summed E-state index contributed by atoms with van der Waals surface area (Å²) in [5, 5.41) is 6.96. The van der Waals surface area contributed by atoms with Gasteiger partial charge in [0.2, 0.25) is 5.91 Å². The van der Waals surface area contributed by atoms with Crippen molar-refractivity contribution in [3.63, 3.8) is 0 Å². The zero-order valence-corrected chi connectivity index (χ0v) is 14.2. The van der Waals surface area contributed by atoms with Gasteiger partial charge in [-0.05, 0) is 25.6 Å². The van der Waals surface area contributed by atoms with Crippen molar-refractivity contribution in [2.45, 2.75) is 13.3 Å². The Balaban J connectivity index is 0.00000220. The second-order valence-electron chi connectivity index (χ2n) is 4.37. The Morgan fingerprint density at radius 3 is 2.76 bits per heavy atom. The molecule has 2 rings (SSSR count). The third-order valence-corrected chi connectivity index (χ3v) is 4.23. The molecular formula is C14H17Cl2N3OS. The molecule has 7 heteroatoms. The van der Waals surface area contributed by atoms with Gasteiger partial charge in [0.25, 0.3) is 0 Å². The van der Waals surface area contributed by atoms with Crippen LogP contribution in [0.1, 0.15) is 16.1 Å². The van der Waals surface area contributed by atoms with Crippen molar-refractivity contribution in [1.82, 2.24) is 10.3 Å². The molecule has 1 heterocycles. The molecule has 0 spiro atoms. The van der Waals surface area contributed by atoms with E-state index in [4.69, 9.17) is 11.6 Å². The van der Waals surface area contributed by atoms with Crippen LogP contribution < -0.4 is 10.6 Å². The summed E-state index contributed by atoms with van der Waals surface area (Å²) >= 11 is 7.65. The molecule has 0 bridgehead atoms. The summed E-state index contributed by atoms with van der Waals surface area (Å²) in [5.41, 5.74) is 1.99. The van der Waals surface area contributed by atoms with Crippen molar-refractivity contribution in [3.8, 4) is 0 Å². The first-order valence-electron chi connectivity index (χ1n) is 6.24. The van der Waals surface area contributed by atoms with Gasteiger partial charge >= 0.3 is 0 Å². The van der Waals surface area contributed by atoms with Crippen LogP contribution in [0.25, 0.3) is 0 Å². The second kappa shape index (κ2) is 8.34. The van der Waals surface area contributed by atoms with Crippen molar-refractivity contribution < 1.29 is 4.79 Å².